The van der Waals surface area contributed by atoms with Gasteiger partial charge in [-0.3, -0.25) is 0 Å². The Hall–Kier alpha value is -1.54. The largest absolute Gasteiger partial charge is 0.444 e. The molecule has 1 aliphatic rings. The quantitative estimate of drug-likeness (QED) is 0.748. The molecule has 118 valence electrons. The van der Waals surface area contributed by atoms with Gasteiger partial charge in [0.25, 0.3) is 0 Å². The first kappa shape index (κ1) is 16.8. The van der Waals surface area contributed by atoms with E-state index in [9.17, 15) is 10.1 Å². The van der Waals surface area contributed by atoms with Gasteiger partial charge in [0.2, 0.25) is 0 Å². The molecule has 5 heteroatoms. The van der Waals surface area contributed by atoms with Crippen LogP contribution in [0.5, 0.6) is 0 Å². The summed E-state index contributed by atoms with van der Waals surface area (Å²) in [4.78, 5) is 13.8. The van der Waals surface area contributed by atoms with Crippen LogP contribution in [0.2, 0.25) is 0 Å². The number of nitrogens with zero attached hydrogens (tertiary/aromatic N) is 2. The van der Waals surface area contributed by atoms with E-state index in [-0.39, 0.29) is 6.09 Å². The lowest BCUT2D eigenvalue weighted by Gasteiger charge is -2.38. The molecular weight excluding hydrogens is 344 g/mol. The Morgan fingerprint density at radius 3 is 2.27 bits per heavy atom. The van der Waals surface area contributed by atoms with Crippen LogP contribution >= 0.6 is 15.9 Å². The third-order valence-corrected chi connectivity index (χ3v) is 4.41. The third-order valence-electron chi connectivity index (χ3n) is 3.88. The highest BCUT2D eigenvalue weighted by molar-refractivity contribution is 9.10. The fourth-order valence-corrected chi connectivity index (χ4v) is 2.90. The second kappa shape index (κ2) is 6.29. The molecule has 0 N–H and O–H groups in total. The van der Waals surface area contributed by atoms with Gasteiger partial charge in [0.15, 0.2) is 0 Å². The van der Waals surface area contributed by atoms with Crippen molar-refractivity contribution < 1.29 is 9.53 Å². The molecule has 0 atom stereocenters. The van der Waals surface area contributed by atoms with Gasteiger partial charge in [0.1, 0.15) is 5.60 Å². The first-order chi connectivity index (χ1) is 10.3. The van der Waals surface area contributed by atoms with Crippen molar-refractivity contribution in [2.75, 3.05) is 13.1 Å². The minimum atomic E-state index is -0.515. The molecule has 0 spiro atoms. The van der Waals surface area contributed by atoms with Gasteiger partial charge in [0, 0.05) is 17.6 Å². The van der Waals surface area contributed by atoms with Crippen LogP contribution in [0.15, 0.2) is 28.7 Å². The van der Waals surface area contributed by atoms with E-state index in [0.717, 1.165) is 10.0 Å². The molecule has 22 heavy (non-hydrogen) atoms. The Labute approximate surface area is 140 Å². The number of halogens is 1. The van der Waals surface area contributed by atoms with E-state index in [4.69, 9.17) is 4.74 Å². The van der Waals surface area contributed by atoms with Crippen LogP contribution in [-0.4, -0.2) is 29.7 Å². The number of carbonyl (C=O) groups excluding carboxylic acids is 1. The maximum atomic E-state index is 12.1. The molecule has 1 heterocycles. The van der Waals surface area contributed by atoms with Crippen LogP contribution in [0, 0.1) is 11.3 Å². The Morgan fingerprint density at radius 2 is 1.82 bits per heavy atom. The lowest BCUT2D eigenvalue weighted by Crippen LogP contribution is -2.46. The molecule has 4 nitrogen and oxygen atoms in total. The van der Waals surface area contributed by atoms with Crippen LogP contribution in [0.25, 0.3) is 0 Å². The van der Waals surface area contributed by atoms with Crippen LogP contribution in [-0.2, 0) is 10.2 Å². The molecule has 2 rings (SSSR count). The zero-order valence-electron chi connectivity index (χ0n) is 13.2. The van der Waals surface area contributed by atoms with Crippen LogP contribution in [0.3, 0.4) is 0 Å². The summed E-state index contributed by atoms with van der Waals surface area (Å²) in [7, 11) is 0. The smallest absolute Gasteiger partial charge is 0.410 e. The standard InChI is InChI=1S/C17H21BrN2O2/c1-16(2,3)22-15(21)20-10-8-17(12-19,9-11-20)13-4-6-14(18)7-5-13/h4-7H,8-11H2,1-3H3. The number of piperidine rings is 1. The number of likely N-dealkylation sites (tertiary alicyclic amines) is 1. The van der Waals surface area contributed by atoms with Crippen molar-refractivity contribution in [3.05, 3.63) is 34.3 Å². The SMILES string of the molecule is CC(C)(C)OC(=O)N1CCC(C#N)(c2ccc(Br)cc2)CC1. The Kier molecular flexibility index (Phi) is 4.81. The Morgan fingerprint density at radius 1 is 1.27 bits per heavy atom. The fourth-order valence-electron chi connectivity index (χ4n) is 2.63. The van der Waals surface area contributed by atoms with Gasteiger partial charge in [-0.2, -0.15) is 5.26 Å². The maximum Gasteiger partial charge on any atom is 0.410 e. The van der Waals surface area contributed by atoms with E-state index in [1.165, 1.54) is 0 Å². The Bertz CT molecular complexity index is 576. The Balaban J connectivity index is 2.07. The van der Waals surface area contributed by atoms with Crippen molar-refractivity contribution in [1.29, 1.82) is 5.26 Å². The molecule has 1 aromatic rings. The summed E-state index contributed by atoms with van der Waals surface area (Å²) in [5.74, 6) is 0. The minimum absolute atomic E-state index is 0.296. The van der Waals surface area contributed by atoms with Crippen LogP contribution in [0.1, 0.15) is 39.2 Å². The fraction of sp³-hybridized carbons (Fsp3) is 0.529. The van der Waals surface area contributed by atoms with Gasteiger partial charge in [-0.15, -0.1) is 0 Å². The number of carbonyl (C=O) groups is 1. The molecule has 1 aromatic carbocycles. The van der Waals surface area contributed by atoms with Crippen molar-refractivity contribution in [2.24, 2.45) is 0 Å². The topological polar surface area (TPSA) is 53.3 Å². The highest BCUT2D eigenvalue weighted by Crippen LogP contribution is 2.35. The molecular formula is C17H21BrN2O2. The van der Waals surface area contributed by atoms with Gasteiger partial charge < -0.3 is 9.64 Å². The summed E-state index contributed by atoms with van der Waals surface area (Å²) in [6.07, 6.45) is 0.962. The summed E-state index contributed by atoms with van der Waals surface area (Å²) in [5.41, 5.74) is 0.00761. The monoisotopic (exact) mass is 364 g/mol. The van der Waals surface area contributed by atoms with Gasteiger partial charge in [-0.25, -0.2) is 4.79 Å². The van der Waals surface area contributed by atoms with Crippen LogP contribution in [0.4, 0.5) is 4.79 Å². The molecule has 0 radical (unpaired) electrons. The number of nitriles is 1. The average Bonchev–Trinajstić information content (AvgIpc) is 2.46. The van der Waals surface area contributed by atoms with E-state index < -0.39 is 11.0 Å². The number of hydrogen-bond acceptors (Lipinski definition) is 3. The second-order valence-corrected chi connectivity index (χ2v) is 7.58. The summed E-state index contributed by atoms with van der Waals surface area (Å²) in [5, 5.41) is 9.68. The molecule has 1 saturated heterocycles. The molecule has 1 amide bonds. The van der Waals surface area contributed by atoms with Gasteiger partial charge >= 0.3 is 6.09 Å². The van der Waals surface area contributed by atoms with Gasteiger partial charge in [0.05, 0.1) is 11.5 Å². The molecule has 0 aromatic heterocycles. The highest BCUT2D eigenvalue weighted by atomic mass is 79.9. The number of amides is 1. The van der Waals surface area contributed by atoms with Crippen molar-refractivity contribution in [1.82, 2.24) is 4.90 Å². The number of benzene rings is 1. The molecule has 1 aliphatic heterocycles. The van der Waals surface area contributed by atoms with Crippen LogP contribution < -0.4 is 0 Å². The number of ether oxygens (including phenoxy) is 1. The lowest BCUT2D eigenvalue weighted by atomic mass is 9.74. The van der Waals surface area contributed by atoms with Crippen molar-refractivity contribution in [3.63, 3.8) is 0 Å². The third kappa shape index (κ3) is 3.80. The first-order valence-electron chi connectivity index (χ1n) is 7.41. The second-order valence-electron chi connectivity index (χ2n) is 6.67. The number of rotatable bonds is 1. The van der Waals surface area contributed by atoms with E-state index >= 15 is 0 Å². The number of hydrogen-bond donors (Lipinski definition) is 0. The average molecular weight is 365 g/mol. The maximum absolute atomic E-state index is 12.1. The van der Waals surface area contributed by atoms with Crippen molar-refractivity contribution in [3.8, 4) is 6.07 Å². The highest BCUT2D eigenvalue weighted by Gasteiger charge is 2.38. The molecule has 0 aliphatic carbocycles. The first-order valence-corrected chi connectivity index (χ1v) is 8.20. The summed E-state index contributed by atoms with van der Waals surface area (Å²) < 4.78 is 6.39. The minimum Gasteiger partial charge on any atom is -0.444 e. The molecule has 0 bridgehead atoms. The molecule has 1 fully saturated rings. The molecule has 0 saturated carbocycles. The van der Waals surface area contributed by atoms with E-state index in [1.54, 1.807) is 4.90 Å². The van der Waals surface area contributed by atoms with Gasteiger partial charge in [-0.05, 0) is 51.3 Å². The van der Waals surface area contributed by atoms with Crippen molar-refractivity contribution in [2.45, 2.75) is 44.6 Å². The van der Waals surface area contributed by atoms with E-state index in [0.29, 0.717) is 25.9 Å². The zero-order valence-corrected chi connectivity index (χ0v) is 14.8. The summed E-state index contributed by atoms with van der Waals surface area (Å²) in [6, 6.07) is 10.3. The lowest BCUT2D eigenvalue weighted by molar-refractivity contribution is 0.0185. The molecule has 0 unspecified atom stereocenters. The van der Waals surface area contributed by atoms with E-state index in [1.807, 2.05) is 45.0 Å². The van der Waals surface area contributed by atoms with Crippen molar-refractivity contribution >= 4 is 22.0 Å². The summed E-state index contributed by atoms with van der Waals surface area (Å²) >= 11 is 3.41. The predicted octanol–water partition coefficient (Wildman–Crippen LogP) is 4.24. The summed E-state index contributed by atoms with van der Waals surface area (Å²) in [6.45, 7) is 6.65. The zero-order chi connectivity index (χ0) is 16.4. The predicted molar refractivity (Wildman–Crippen MR) is 88.5 cm³/mol. The van der Waals surface area contributed by atoms with Gasteiger partial charge in [-0.1, -0.05) is 28.1 Å². The van der Waals surface area contributed by atoms with E-state index in [2.05, 4.69) is 22.0 Å². The normalized spacial score (nSPS) is 17.7.